The fraction of sp³-hybridized carbons (Fsp3) is 0.600. The topological polar surface area (TPSA) is 58.2 Å². The number of rotatable bonds is 1. The molecule has 0 unspecified atom stereocenters. The van der Waals surface area contributed by atoms with Gasteiger partial charge in [0.05, 0.1) is 0 Å². The zero-order chi connectivity index (χ0) is 10.9. The van der Waals surface area contributed by atoms with Crippen molar-refractivity contribution in [3.05, 3.63) is 11.3 Å². The average molecular weight is 196 g/mol. The number of carbonyl (C=O) groups is 2. The fourth-order valence-corrected chi connectivity index (χ4v) is 1.05. The van der Waals surface area contributed by atoms with Gasteiger partial charge in [-0.15, -0.1) is 0 Å². The molecule has 0 radical (unpaired) electrons. The summed E-state index contributed by atoms with van der Waals surface area (Å²) in [4.78, 5) is 22.8. The molecular formula is C10H16N2O2. The van der Waals surface area contributed by atoms with Gasteiger partial charge in [-0.3, -0.25) is 9.59 Å². The highest BCUT2D eigenvalue weighted by atomic mass is 16.2. The average Bonchev–Trinajstić information content (AvgIpc) is 2.34. The normalized spacial score (nSPS) is 17.0. The van der Waals surface area contributed by atoms with Crippen LogP contribution in [-0.4, -0.2) is 18.4 Å². The van der Waals surface area contributed by atoms with E-state index in [9.17, 15) is 9.59 Å². The van der Waals surface area contributed by atoms with Crippen molar-refractivity contribution in [2.24, 2.45) is 5.41 Å². The minimum Gasteiger partial charge on any atom is -0.347 e. The van der Waals surface area contributed by atoms with Crippen molar-refractivity contribution in [2.75, 3.05) is 6.54 Å². The highest BCUT2D eigenvalue weighted by Crippen LogP contribution is 2.15. The van der Waals surface area contributed by atoms with Crippen LogP contribution in [0.1, 0.15) is 27.7 Å². The van der Waals surface area contributed by atoms with Crippen LogP contribution in [0.5, 0.6) is 0 Å². The molecule has 0 atom stereocenters. The molecule has 14 heavy (non-hydrogen) atoms. The largest absolute Gasteiger partial charge is 0.347 e. The van der Waals surface area contributed by atoms with Gasteiger partial charge in [0, 0.05) is 12.0 Å². The van der Waals surface area contributed by atoms with Gasteiger partial charge in [-0.2, -0.15) is 0 Å². The summed E-state index contributed by atoms with van der Waals surface area (Å²) in [7, 11) is 0. The molecule has 4 nitrogen and oxygen atoms in total. The molecule has 0 aromatic heterocycles. The summed E-state index contributed by atoms with van der Waals surface area (Å²) in [6.07, 6.45) is 0. The molecule has 0 aromatic carbocycles. The monoisotopic (exact) mass is 196 g/mol. The van der Waals surface area contributed by atoms with Crippen LogP contribution in [0.3, 0.4) is 0 Å². The summed E-state index contributed by atoms with van der Waals surface area (Å²) in [5.74, 6) is -0.330. The van der Waals surface area contributed by atoms with Gasteiger partial charge in [-0.1, -0.05) is 20.8 Å². The lowest BCUT2D eigenvalue weighted by Gasteiger charge is -2.17. The van der Waals surface area contributed by atoms with Crippen LogP contribution < -0.4 is 10.6 Å². The maximum atomic E-state index is 11.6. The lowest BCUT2D eigenvalue weighted by molar-refractivity contribution is -0.129. The first-order valence-corrected chi connectivity index (χ1v) is 4.62. The van der Waals surface area contributed by atoms with Crippen LogP contribution in [0.25, 0.3) is 0 Å². The Morgan fingerprint density at radius 3 is 2.36 bits per heavy atom. The van der Waals surface area contributed by atoms with E-state index in [1.807, 2.05) is 27.7 Å². The molecule has 1 aliphatic rings. The Balaban J connectivity index is 2.75. The summed E-state index contributed by atoms with van der Waals surface area (Å²) < 4.78 is 0. The molecule has 78 valence electrons. The van der Waals surface area contributed by atoms with E-state index in [1.165, 1.54) is 0 Å². The van der Waals surface area contributed by atoms with Crippen molar-refractivity contribution in [2.45, 2.75) is 27.7 Å². The Kier molecular flexibility index (Phi) is 2.64. The Hall–Kier alpha value is -1.32. The quantitative estimate of drug-likeness (QED) is 0.643. The zero-order valence-corrected chi connectivity index (χ0v) is 9.02. The van der Waals surface area contributed by atoms with Crippen molar-refractivity contribution < 1.29 is 9.59 Å². The molecule has 0 saturated heterocycles. The Morgan fingerprint density at radius 2 is 2.00 bits per heavy atom. The molecule has 0 aromatic rings. The number of amides is 2. The van der Waals surface area contributed by atoms with Crippen LogP contribution in [0.15, 0.2) is 11.3 Å². The number of nitrogens with one attached hydrogen (secondary N) is 2. The number of carbonyl (C=O) groups excluding carboxylic acids is 2. The fourth-order valence-electron chi connectivity index (χ4n) is 1.05. The summed E-state index contributed by atoms with van der Waals surface area (Å²) >= 11 is 0. The molecule has 0 saturated carbocycles. The van der Waals surface area contributed by atoms with Crippen molar-refractivity contribution in [3.8, 4) is 0 Å². The van der Waals surface area contributed by atoms with Crippen molar-refractivity contribution in [1.82, 2.24) is 10.6 Å². The standard InChI is InChI=1S/C10H16N2O2/c1-6-5-11-8(13)7(6)12-9(14)10(2,3)4/h5H2,1-4H3,(H,11,13)(H,12,14). The molecule has 1 heterocycles. The third-order valence-electron chi connectivity index (χ3n) is 2.09. The van der Waals surface area contributed by atoms with Crippen molar-refractivity contribution >= 4 is 11.8 Å². The van der Waals surface area contributed by atoms with E-state index < -0.39 is 5.41 Å². The summed E-state index contributed by atoms with van der Waals surface area (Å²) in [5.41, 5.74) is 0.813. The van der Waals surface area contributed by atoms with Gasteiger partial charge in [0.15, 0.2) is 0 Å². The van der Waals surface area contributed by atoms with Gasteiger partial charge in [-0.05, 0) is 12.5 Å². The van der Waals surface area contributed by atoms with Crippen LogP contribution >= 0.6 is 0 Å². The second kappa shape index (κ2) is 3.44. The first-order chi connectivity index (χ1) is 6.32. The molecule has 0 bridgehead atoms. The van der Waals surface area contributed by atoms with E-state index in [2.05, 4.69) is 10.6 Å². The van der Waals surface area contributed by atoms with E-state index in [0.29, 0.717) is 12.2 Å². The van der Waals surface area contributed by atoms with Gasteiger partial charge in [-0.25, -0.2) is 0 Å². The highest BCUT2D eigenvalue weighted by Gasteiger charge is 2.27. The van der Waals surface area contributed by atoms with Crippen LogP contribution in [0, 0.1) is 5.41 Å². The molecule has 0 spiro atoms. The van der Waals surface area contributed by atoms with E-state index in [4.69, 9.17) is 0 Å². The lowest BCUT2D eigenvalue weighted by Crippen LogP contribution is -2.37. The van der Waals surface area contributed by atoms with Gasteiger partial charge in [0.1, 0.15) is 5.70 Å². The molecule has 0 aliphatic carbocycles. The third kappa shape index (κ3) is 2.13. The van der Waals surface area contributed by atoms with E-state index >= 15 is 0 Å². The van der Waals surface area contributed by atoms with Gasteiger partial charge in [0.2, 0.25) is 5.91 Å². The number of hydrogen-bond donors (Lipinski definition) is 2. The lowest BCUT2D eigenvalue weighted by atomic mass is 9.95. The van der Waals surface area contributed by atoms with Crippen molar-refractivity contribution in [3.63, 3.8) is 0 Å². The molecule has 0 fully saturated rings. The minimum absolute atomic E-state index is 0.135. The van der Waals surface area contributed by atoms with Crippen LogP contribution in [0.2, 0.25) is 0 Å². The maximum absolute atomic E-state index is 11.6. The van der Waals surface area contributed by atoms with Gasteiger partial charge >= 0.3 is 0 Å². The van der Waals surface area contributed by atoms with Gasteiger partial charge < -0.3 is 10.6 Å². The second-order valence-electron chi connectivity index (χ2n) is 4.54. The summed E-state index contributed by atoms with van der Waals surface area (Å²) in [5, 5.41) is 5.30. The predicted molar refractivity (Wildman–Crippen MR) is 53.3 cm³/mol. The van der Waals surface area contributed by atoms with E-state index in [0.717, 1.165) is 5.57 Å². The molecule has 2 N–H and O–H groups in total. The SMILES string of the molecule is CC1=C(NC(=O)C(C)(C)C)C(=O)NC1. The highest BCUT2D eigenvalue weighted by molar-refractivity contribution is 6.01. The maximum Gasteiger partial charge on any atom is 0.268 e. The zero-order valence-electron chi connectivity index (χ0n) is 9.02. The Labute approximate surface area is 83.8 Å². The van der Waals surface area contributed by atoms with Gasteiger partial charge in [0.25, 0.3) is 5.91 Å². The molecule has 4 heteroatoms. The first kappa shape index (κ1) is 10.8. The predicted octanol–water partition coefficient (Wildman–Crippen LogP) is 0.552. The van der Waals surface area contributed by atoms with Crippen LogP contribution in [0.4, 0.5) is 0 Å². The Morgan fingerprint density at radius 1 is 1.43 bits per heavy atom. The summed E-state index contributed by atoms with van der Waals surface area (Å²) in [6, 6.07) is 0. The summed E-state index contributed by atoms with van der Waals surface area (Å²) in [6.45, 7) is 7.79. The van der Waals surface area contributed by atoms with E-state index in [-0.39, 0.29) is 11.8 Å². The molecule has 1 rings (SSSR count). The molecular weight excluding hydrogens is 180 g/mol. The third-order valence-corrected chi connectivity index (χ3v) is 2.09. The van der Waals surface area contributed by atoms with Crippen LogP contribution in [-0.2, 0) is 9.59 Å². The number of hydrogen-bond acceptors (Lipinski definition) is 2. The Bertz CT molecular complexity index is 311. The minimum atomic E-state index is -0.476. The smallest absolute Gasteiger partial charge is 0.268 e. The molecule has 1 aliphatic heterocycles. The second-order valence-corrected chi connectivity index (χ2v) is 4.54. The molecule has 2 amide bonds. The van der Waals surface area contributed by atoms with E-state index in [1.54, 1.807) is 0 Å². The first-order valence-electron chi connectivity index (χ1n) is 4.62. The van der Waals surface area contributed by atoms with Crippen molar-refractivity contribution in [1.29, 1.82) is 0 Å².